The summed E-state index contributed by atoms with van der Waals surface area (Å²) in [5.41, 5.74) is 11.3. The van der Waals surface area contributed by atoms with Crippen molar-refractivity contribution in [1.82, 2.24) is 59.6 Å². The van der Waals surface area contributed by atoms with E-state index in [1.54, 1.807) is 82.0 Å². The molecule has 0 saturated heterocycles. The summed E-state index contributed by atoms with van der Waals surface area (Å²) >= 11 is 14.4. The number of halogens is 2. The molecule has 37 heteroatoms. The van der Waals surface area contributed by atoms with Crippen LogP contribution in [0.3, 0.4) is 0 Å². The number of hydrogen-bond donors (Lipinski definition) is 3. The van der Waals surface area contributed by atoms with E-state index in [1.165, 1.54) is 74.8 Å². The quantitative estimate of drug-likeness (QED) is 0.0293. The molecule has 5 fully saturated rings. The molecule has 790 valence electrons. The van der Waals surface area contributed by atoms with E-state index in [9.17, 15) is 32.7 Å². The number of aliphatic hydroxyl groups excluding tert-OH is 2. The van der Waals surface area contributed by atoms with Gasteiger partial charge in [-0.25, -0.2) is 58.3 Å². The van der Waals surface area contributed by atoms with E-state index in [0.29, 0.717) is 61.3 Å². The van der Waals surface area contributed by atoms with E-state index in [-0.39, 0.29) is 163 Å². The molecule has 4 N–H and O–H groups in total. The summed E-state index contributed by atoms with van der Waals surface area (Å²) in [6, 6.07) is 1.58. The van der Waals surface area contributed by atoms with Gasteiger partial charge in [-0.3, -0.25) is 19.2 Å². The monoisotopic (exact) mass is 2110 g/mol. The number of nitrogens with two attached hydrogens (primary N) is 1. The van der Waals surface area contributed by atoms with Crippen LogP contribution in [0.25, 0.3) is 51.1 Å². The van der Waals surface area contributed by atoms with Crippen LogP contribution in [0, 0.1) is 11.8 Å². The van der Waals surface area contributed by atoms with Crippen molar-refractivity contribution in [1.29, 1.82) is 0 Å². The number of thiophene rings is 5. The van der Waals surface area contributed by atoms with E-state index in [1.807, 2.05) is 27.7 Å². The van der Waals surface area contributed by atoms with Crippen LogP contribution in [0.1, 0.15) is 351 Å². The van der Waals surface area contributed by atoms with E-state index >= 15 is 0 Å². The summed E-state index contributed by atoms with van der Waals surface area (Å²) < 4.78 is 65.0. The molecule has 0 radical (unpaired) electrons. The van der Waals surface area contributed by atoms with Gasteiger partial charge in [0.1, 0.15) is 85.4 Å². The van der Waals surface area contributed by atoms with Gasteiger partial charge < -0.3 is 63.6 Å². The molecule has 0 bridgehead atoms. The van der Waals surface area contributed by atoms with Crippen molar-refractivity contribution in [2.45, 2.75) is 379 Å². The normalized spacial score (nSPS) is 23.5. The summed E-state index contributed by atoms with van der Waals surface area (Å²) in [5.74, 6) is 3.03. The van der Waals surface area contributed by atoms with Gasteiger partial charge in [-0.05, 0) is 288 Å². The predicted octanol–water partition coefficient (Wildman–Crippen LogP) is 24.1. The zero-order valence-corrected chi connectivity index (χ0v) is 84.0. The molecule has 29 nitrogen and oxygen atoms in total. The zero-order valence-electron chi connectivity index (χ0n) is 77.6. The first-order chi connectivity index (χ1) is 63.6. The molecule has 5 unspecified atom stereocenters. The van der Waals surface area contributed by atoms with Gasteiger partial charge in [0.2, 0.25) is 32.6 Å². The number of carbonyl (C=O) groups excluding carboxylic acids is 4. The molecule has 141 heavy (non-hydrogen) atoms. The molecule has 20 rings (SSSR count). The lowest BCUT2D eigenvalue weighted by Crippen LogP contribution is -2.35. The van der Waals surface area contributed by atoms with Crippen molar-refractivity contribution in [3.63, 3.8) is 0 Å². The van der Waals surface area contributed by atoms with Gasteiger partial charge in [-0.2, -0.15) is 0 Å². The second-order valence-electron chi connectivity index (χ2n) is 36.5. The van der Waals surface area contributed by atoms with Crippen LogP contribution in [0.4, 0.5) is 0 Å². The highest BCUT2D eigenvalue weighted by Gasteiger charge is 2.42. The maximum absolute atomic E-state index is 12.4. The minimum absolute atomic E-state index is 0. The third kappa shape index (κ3) is 30.7. The molecular weight excluding hydrogens is 1950 g/mol. The number of ether oxygens (including phenoxy) is 8. The lowest BCUT2D eigenvalue weighted by molar-refractivity contribution is -0.145. The van der Waals surface area contributed by atoms with Gasteiger partial charge in [-0.1, -0.05) is 92.3 Å². The Morgan fingerprint density at radius 2 is 0.617 bits per heavy atom. The largest absolute Gasteiger partial charge is 0.474 e. The second kappa shape index (κ2) is 57.6. The standard InChI is InChI=1S/C20H27N3O3S.C19H24N2O3S.C18H23N3O3S.C18H25N3O2S.C12H11ClN2O2S.C7H14O.CH3ClO2S.9CH4/c1-4-25-20(24)14-9-10-15-16(14)17-18(21-11-22-19(17)27-15)26-13-7-5-12(6-8-13)23(2)3;1-3-23-19(22)13-8-9-14-15(13)16-17(20-10-21-18(16)25-14)24-12-6-4-11(2)5-7-12;1-2-23-18(22)12-7-8-13-14(12)15-16(20-9-21-17(15)25-13)24-11-5-3-10(19)4-6-11;1-21(2)12-4-6-13(7-5-12)23-17-16-15-11(9-22)3-8-14(15)24-18(16)20-10-19-17;1-2-17-12(16)6-3-4-7-8(6)9-10(13)14-5-15-11(9)18-7;1-6-2-4-7(8)5-3-6;1-5(2,3)4;;;;;;;;;/h11-14H,4-10H2,1-3H3;10-13H,3-9H2,1-2H3;9-12H,2-8,19H2,1H3;10-13,22H,3-9H2,1-2H3;5-6H,2-4H2,1H3;6-8H,2-5H2,1H3;1H3;9*1H4. The fraction of sp³-hybridized carbons (Fsp3) is 0.673. The van der Waals surface area contributed by atoms with Crippen molar-refractivity contribution in [2.24, 2.45) is 17.6 Å². The number of aromatic nitrogens is 10. The molecule has 5 atom stereocenters. The van der Waals surface area contributed by atoms with Gasteiger partial charge in [0.25, 0.3) is 0 Å². The molecule has 0 aliphatic heterocycles. The first-order valence-corrected chi connectivity index (χ1v) is 54.3. The third-order valence-electron chi connectivity index (χ3n) is 27.0. The number of esters is 4. The van der Waals surface area contributed by atoms with Crippen molar-refractivity contribution in [3.05, 3.63) is 89.0 Å². The van der Waals surface area contributed by atoms with Gasteiger partial charge in [0.15, 0.2) is 0 Å². The van der Waals surface area contributed by atoms with Crippen LogP contribution in [-0.4, -0.2) is 218 Å². The lowest BCUT2D eigenvalue weighted by atomic mass is 9.89. The minimum atomic E-state index is -3.19. The molecule has 0 amide bonds. The molecule has 0 aromatic carbocycles. The summed E-state index contributed by atoms with van der Waals surface area (Å²) in [7, 11) is 9.91. The number of carbonyl (C=O) groups is 4. The molecule has 10 aromatic heterocycles. The fourth-order valence-corrected chi connectivity index (χ4v) is 26.4. The van der Waals surface area contributed by atoms with Crippen molar-refractivity contribution >= 4 is 163 Å². The summed E-state index contributed by atoms with van der Waals surface area (Å²) in [4.78, 5) is 108. The van der Waals surface area contributed by atoms with Gasteiger partial charge in [0.05, 0.1) is 96.0 Å². The third-order valence-corrected chi connectivity index (χ3v) is 33.2. The van der Waals surface area contributed by atoms with E-state index < -0.39 is 9.05 Å². The van der Waals surface area contributed by atoms with Gasteiger partial charge in [0, 0.05) is 59.1 Å². The van der Waals surface area contributed by atoms with Gasteiger partial charge >= 0.3 is 23.9 Å². The van der Waals surface area contributed by atoms with Crippen molar-refractivity contribution < 1.29 is 75.7 Å². The Morgan fingerprint density at radius 3 is 0.894 bits per heavy atom. The second-order valence-corrected chi connectivity index (χ2v) is 45.4. The highest BCUT2D eigenvalue weighted by Crippen LogP contribution is 2.53. The molecule has 0 spiro atoms. The molecule has 10 heterocycles. The van der Waals surface area contributed by atoms with Crippen LogP contribution >= 0.6 is 79.0 Å². The van der Waals surface area contributed by atoms with Crippen LogP contribution in [0.5, 0.6) is 23.5 Å². The molecule has 10 aliphatic rings. The average Bonchev–Trinajstić information content (AvgIpc) is 1.61. The number of aryl methyl sites for hydroxylation is 5. The number of fused-ring (bicyclic) bond motifs is 15. The Balaban J connectivity index is 0.000000297. The molecular formula is C104H163Cl2N13O16S6. The van der Waals surface area contributed by atoms with E-state index in [0.717, 1.165) is 251 Å². The number of nitrogens with zero attached hydrogens (tertiary/aromatic N) is 12. The topological polar surface area (TPSA) is 378 Å². The van der Waals surface area contributed by atoms with Crippen LogP contribution in [0.15, 0.2) is 31.6 Å². The van der Waals surface area contributed by atoms with Crippen LogP contribution < -0.4 is 24.7 Å². The number of aliphatic hydroxyl groups is 2. The highest BCUT2D eigenvalue weighted by molar-refractivity contribution is 8.13. The summed E-state index contributed by atoms with van der Waals surface area (Å²) in [6.45, 7) is 13.7. The predicted molar refractivity (Wildman–Crippen MR) is 580 cm³/mol. The maximum Gasteiger partial charge on any atom is 0.313 e. The Hall–Kier alpha value is -7.39. The van der Waals surface area contributed by atoms with E-state index in [4.69, 9.17) is 60.3 Å². The Bertz CT molecular complexity index is 5550. The zero-order chi connectivity index (χ0) is 93.6. The molecule has 5 saturated carbocycles. The van der Waals surface area contributed by atoms with E-state index in [2.05, 4.69) is 112 Å². The van der Waals surface area contributed by atoms with Crippen LogP contribution in [0.2, 0.25) is 5.15 Å². The number of hydrogen-bond acceptors (Lipinski definition) is 34. The highest BCUT2D eigenvalue weighted by atomic mass is 35.7. The minimum Gasteiger partial charge on any atom is -0.474 e. The maximum atomic E-state index is 12.4. The summed E-state index contributed by atoms with van der Waals surface area (Å²) in [6.07, 6.45) is 40.0. The first kappa shape index (κ1) is 124. The van der Waals surface area contributed by atoms with Gasteiger partial charge in [-0.15, -0.1) is 56.7 Å². The Labute approximate surface area is 868 Å². The Morgan fingerprint density at radius 1 is 0.376 bits per heavy atom. The lowest BCUT2D eigenvalue weighted by Gasteiger charge is -2.32. The molecule has 10 aliphatic carbocycles. The fourth-order valence-electron chi connectivity index (χ4n) is 20.1. The summed E-state index contributed by atoms with van der Waals surface area (Å²) in [5, 5.41) is 23.8. The van der Waals surface area contributed by atoms with Crippen molar-refractivity contribution in [3.8, 4) is 23.5 Å². The van der Waals surface area contributed by atoms with Crippen LogP contribution in [-0.2, 0) is 79.3 Å². The first-order valence-electron chi connectivity index (χ1n) is 47.2. The average molecular weight is 2110 g/mol. The SMILES string of the molecule is C.C.C.C.C.C.C.C.C.CC1CCC(O)CC1.CCOC(=O)C1CCc2sc3ncnc(Cl)c3c21.CCOC(=O)C1CCc2sc3ncnc(OC4CCC(C)CC4)c3c21.CCOC(=O)C1CCc2sc3ncnc(OC4CCC(N(C)C)CC4)c3c21.CCOC(=O)C1CCc2sc3ncnc(OC4CCC(N)CC4)c3c21.CN(C)C1CCC(Oc2ncnc3sc4c(c23)C(CO)CC4)CC1.CS(=O)(=O)Cl. The smallest absolute Gasteiger partial charge is 0.313 e. The Kier molecular flexibility index (Phi) is 50.7. The molecule has 10 aromatic rings. The van der Waals surface area contributed by atoms with Crippen molar-refractivity contribution in [2.75, 3.05) is 67.5 Å². The number of rotatable bonds is 19.